The van der Waals surface area contributed by atoms with Crippen LogP contribution in [0.5, 0.6) is 0 Å². The van der Waals surface area contributed by atoms with Crippen molar-refractivity contribution in [2.24, 2.45) is 0 Å². The second kappa shape index (κ2) is 11.0. The summed E-state index contributed by atoms with van der Waals surface area (Å²) in [7, 11) is 0. The van der Waals surface area contributed by atoms with Crippen molar-refractivity contribution >= 4 is 46.7 Å². The van der Waals surface area contributed by atoms with E-state index in [0.717, 1.165) is 10.4 Å². The summed E-state index contributed by atoms with van der Waals surface area (Å²) in [5.74, 6) is -0.231. The summed E-state index contributed by atoms with van der Waals surface area (Å²) in [5.41, 5.74) is 1.72. The van der Waals surface area contributed by atoms with Gasteiger partial charge in [-0.25, -0.2) is 13.9 Å². The number of rotatable bonds is 4. The number of piperazine rings is 1. The first kappa shape index (κ1) is 27.8. The van der Waals surface area contributed by atoms with E-state index in [0.29, 0.717) is 53.9 Å². The average molecular weight is 588 g/mol. The highest BCUT2D eigenvalue weighted by Crippen LogP contribution is 2.39. The van der Waals surface area contributed by atoms with Gasteiger partial charge in [-0.05, 0) is 62.7 Å². The molecule has 1 atom stereocenters. The second-order valence-electron chi connectivity index (χ2n) is 9.95. The Kier molecular flexibility index (Phi) is 7.65. The van der Waals surface area contributed by atoms with Gasteiger partial charge in [0.05, 0.1) is 21.7 Å². The standard InChI is InChI=1S/C28H28Cl2FN5O4/c1-16(2)40-28(39)36-24(37)15-23-32-17(3)25(26(35(23)36)18-4-9-21(29)22(30)14-18)27(38)34-12-10-33(11-13-34)20-7-5-19(31)6-8-20/h4-9,14-16,26,32H,10-13H2,1-3H3. The monoisotopic (exact) mass is 587 g/mol. The van der Waals surface area contributed by atoms with Crippen molar-refractivity contribution in [2.75, 3.05) is 36.4 Å². The van der Waals surface area contributed by atoms with Gasteiger partial charge < -0.3 is 19.9 Å². The number of aromatic nitrogens is 2. The molecule has 3 aromatic rings. The largest absolute Gasteiger partial charge is 0.445 e. The first-order valence-corrected chi connectivity index (χ1v) is 13.6. The third kappa shape index (κ3) is 5.21. The molecule has 0 saturated carbocycles. The van der Waals surface area contributed by atoms with Crippen molar-refractivity contribution in [3.63, 3.8) is 0 Å². The molecule has 1 N–H and O–H groups in total. The first-order chi connectivity index (χ1) is 19.0. The van der Waals surface area contributed by atoms with Crippen LogP contribution in [-0.4, -0.2) is 58.5 Å². The highest BCUT2D eigenvalue weighted by atomic mass is 35.5. The molecule has 1 fully saturated rings. The van der Waals surface area contributed by atoms with E-state index in [-0.39, 0.29) is 16.7 Å². The van der Waals surface area contributed by atoms with E-state index in [9.17, 15) is 18.8 Å². The van der Waals surface area contributed by atoms with Gasteiger partial charge in [-0.1, -0.05) is 29.3 Å². The molecular formula is C28H28Cl2FN5O4. The van der Waals surface area contributed by atoms with Gasteiger partial charge in [0.25, 0.3) is 11.5 Å². The van der Waals surface area contributed by atoms with Crippen molar-refractivity contribution in [2.45, 2.75) is 32.9 Å². The average Bonchev–Trinajstić information content (AvgIpc) is 3.24. The van der Waals surface area contributed by atoms with Crippen LogP contribution in [0, 0.1) is 5.82 Å². The summed E-state index contributed by atoms with van der Waals surface area (Å²) >= 11 is 12.6. The summed E-state index contributed by atoms with van der Waals surface area (Å²) in [5, 5.41) is 3.72. The molecule has 12 heteroatoms. The molecule has 0 spiro atoms. The molecule has 0 aliphatic carbocycles. The van der Waals surface area contributed by atoms with Gasteiger partial charge in [0, 0.05) is 43.6 Å². The number of allylic oxidation sites excluding steroid dienone is 1. The van der Waals surface area contributed by atoms with Crippen LogP contribution in [0.1, 0.15) is 32.4 Å². The Morgan fingerprint density at radius 2 is 1.68 bits per heavy atom. The lowest BCUT2D eigenvalue weighted by Gasteiger charge is -2.39. The lowest BCUT2D eigenvalue weighted by Crippen LogP contribution is -2.50. The van der Waals surface area contributed by atoms with Crippen LogP contribution in [0.4, 0.5) is 20.7 Å². The number of carbonyl (C=O) groups is 2. The molecule has 2 aliphatic heterocycles. The minimum Gasteiger partial charge on any atom is -0.445 e. The molecular weight excluding hydrogens is 560 g/mol. The number of halogens is 3. The fraction of sp³-hybridized carbons (Fsp3) is 0.321. The SMILES string of the molecule is CC1=C(C(=O)N2CCN(c3ccc(F)cc3)CC2)C(c2ccc(Cl)c(Cl)c2)n2c(cc(=O)n2C(=O)OC(C)C)N1. The molecule has 5 rings (SSSR count). The molecule has 0 bridgehead atoms. The van der Waals surface area contributed by atoms with Gasteiger partial charge in [0.1, 0.15) is 17.7 Å². The Morgan fingerprint density at radius 1 is 1.00 bits per heavy atom. The van der Waals surface area contributed by atoms with Gasteiger partial charge in [0.2, 0.25) is 0 Å². The van der Waals surface area contributed by atoms with Gasteiger partial charge in [-0.3, -0.25) is 9.59 Å². The van der Waals surface area contributed by atoms with E-state index >= 15 is 0 Å². The number of hydrogen-bond acceptors (Lipinski definition) is 6. The zero-order valence-electron chi connectivity index (χ0n) is 22.2. The van der Waals surface area contributed by atoms with E-state index in [1.54, 1.807) is 56.0 Å². The van der Waals surface area contributed by atoms with Crippen molar-refractivity contribution < 1.29 is 18.7 Å². The molecule has 2 aromatic carbocycles. The Bertz CT molecular complexity index is 1560. The summed E-state index contributed by atoms with van der Waals surface area (Å²) in [6.45, 7) is 7.06. The maximum atomic E-state index is 14.1. The summed E-state index contributed by atoms with van der Waals surface area (Å²) in [6, 6.07) is 11.6. The maximum absolute atomic E-state index is 14.1. The van der Waals surface area contributed by atoms with Crippen LogP contribution in [0.25, 0.3) is 0 Å². The third-order valence-corrected chi connectivity index (χ3v) is 7.67. The molecule has 3 heterocycles. The quantitative estimate of drug-likeness (QED) is 0.455. The van der Waals surface area contributed by atoms with Crippen LogP contribution in [-0.2, 0) is 9.53 Å². The minimum absolute atomic E-state index is 0.254. The predicted octanol–water partition coefficient (Wildman–Crippen LogP) is 5.13. The molecule has 1 aromatic heterocycles. The number of ether oxygens (including phenoxy) is 1. The zero-order chi connectivity index (χ0) is 28.7. The minimum atomic E-state index is -0.879. The van der Waals surface area contributed by atoms with E-state index in [2.05, 4.69) is 10.2 Å². The van der Waals surface area contributed by atoms with Crippen LogP contribution in [0.2, 0.25) is 10.0 Å². The predicted molar refractivity (Wildman–Crippen MR) is 152 cm³/mol. The molecule has 0 radical (unpaired) electrons. The second-order valence-corrected chi connectivity index (χ2v) is 10.8. The Morgan fingerprint density at radius 3 is 2.30 bits per heavy atom. The molecule has 9 nitrogen and oxygen atoms in total. The highest BCUT2D eigenvalue weighted by Gasteiger charge is 2.38. The Hall–Kier alpha value is -3.76. The number of nitrogens with zero attached hydrogens (tertiary/aromatic N) is 4. The summed E-state index contributed by atoms with van der Waals surface area (Å²) < 4.78 is 21.1. The number of benzene rings is 2. The van der Waals surface area contributed by atoms with E-state index < -0.39 is 23.8 Å². The fourth-order valence-corrected chi connectivity index (χ4v) is 5.39. The topological polar surface area (TPSA) is 88.8 Å². The van der Waals surface area contributed by atoms with Crippen molar-refractivity contribution in [1.82, 2.24) is 14.3 Å². The first-order valence-electron chi connectivity index (χ1n) is 12.8. The number of fused-ring (bicyclic) bond motifs is 1. The number of hydrogen-bond donors (Lipinski definition) is 1. The lowest BCUT2D eigenvalue weighted by atomic mass is 9.94. The summed E-state index contributed by atoms with van der Waals surface area (Å²) in [6.07, 6.45) is -1.33. The smallest absolute Gasteiger partial charge is 0.436 e. The molecule has 40 heavy (non-hydrogen) atoms. The van der Waals surface area contributed by atoms with Crippen LogP contribution >= 0.6 is 23.2 Å². The van der Waals surface area contributed by atoms with Gasteiger partial charge in [-0.15, -0.1) is 4.68 Å². The van der Waals surface area contributed by atoms with Gasteiger partial charge >= 0.3 is 6.09 Å². The summed E-state index contributed by atoms with van der Waals surface area (Å²) in [4.78, 5) is 44.0. The zero-order valence-corrected chi connectivity index (χ0v) is 23.7. The molecule has 210 valence electrons. The van der Waals surface area contributed by atoms with Gasteiger partial charge in [0.15, 0.2) is 0 Å². The highest BCUT2D eigenvalue weighted by molar-refractivity contribution is 6.42. The normalized spacial score (nSPS) is 17.1. The van der Waals surface area contributed by atoms with E-state index in [4.69, 9.17) is 27.9 Å². The fourth-order valence-electron chi connectivity index (χ4n) is 5.08. The molecule has 1 amide bonds. The van der Waals surface area contributed by atoms with Crippen LogP contribution in [0.3, 0.4) is 0 Å². The van der Waals surface area contributed by atoms with E-state index in [1.165, 1.54) is 22.9 Å². The number of carbonyl (C=O) groups excluding carboxylic acids is 2. The van der Waals surface area contributed by atoms with Crippen molar-refractivity contribution in [3.05, 3.63) is 91.6 Å². The van der Waals surface area contributed by atoms with E-state index in [1.807, 2.05) is 0 Å². The molecule has 1 saturated heterocycles. The lowest BCUT2D eigenvalue weighted by molar-refractivity contribution is -0.128. The third-order valence-electron chi connectivity index (χ3n) is 6.93. The number of amides is 1. The Balaban J connectivity index is 1.53. The molecule has 2 aliphatic rings. The number of nitrogens with one attached hydrogen (secondary N) is 1. The Labute approximate surface area is 240 Å². The van der Waals surface area contributed by atoms with Crippen molar-refractivity contribution in [3.8, 4) is 0 Å². The number of anilines is 2. The van der Waals surface area contributed by atoms with Gasteiger partial charge in [-0.2, -0.15) is 0 Å². The van der Waals surface area contributed by atoms with Crippen LogP contribution in [0.15, 0.2) is 64.6 Å². The molecule has 1 unspecified atom stereocenters. The van der Waals surface area contributed by atoms with Crippen molar-refractivity contribution in [1.29, 1.82) is 0 Å². The van der Waals surface area contributed by atoms with Crippen LogP contribution < -0.4 is 15.8 Å². The maximum Gasteiger partial charge on any atom is 0.436 e.